The number of nitrogens with zero attached hydrogens (tertiary/aromatic N) is 3. The molecular formula is C21H15N5O2S2. The average molecular weight is 434 g/mol. The van der Waals surface area contributed by atoms with Crippen LogP contribution < -0.4 is 16.2 Å². The Bertz CT molecular complexity index is 1410. The monoisotopic (exact) mass is 433 g/mol. The predicted octanol–water partition coefficient (Wildman–Crippen LogP) is 4.04. The fraction of sp³-hybridized carbons (Fsp3) is 0.0476. The van der Waals surface area contributed by atoms with Gasteiger partial charge in [0.15, 0.2) is 0 Å². The summed E-state index contributed by atoms with van der Waals surface area (Å²) >= 11 is 2.86. The summed E-state index contributed by atoms with van der Waals surface area (Å²) in [6.07, 6.45) is 0. The van der Waals surface area contributed by atoms with E-state index >= 15 is 0 Å². The van der Waals surface area contributed by atoms with Crippen LogP contribution in [0.25, 0.3) is 15.9 Å². The van der Waals surface area contributed by atoms with Crippen LogP contribution in [0.3, 0.4) is 0 Å². The van der Waals surface area contributed by atoms with Gasteiger partial charge in [0.05, 0.1) is 17.4 Å². The van der Waals surface area contributed by atoms with E-state index in [4.69, 9.17) is 0 Å². The summed E-state index contributed by atoms with van der Waals surface area (Å²) < 4.78 is 1.29. The summed E-state index contributed by atoms with van der Waals surface area (Å²) in [5, 5.41) is 13.4. The van der Waals surface area contributed by atoms with E-state index in [0.29, 0.717) is 33.1 Å². The number of benzene rings is 2. The number of thiophene rings is 1. The van der Waals surface area contributed by atoms with Gasteiger partial charge in [0.1, 0.15) is 0 Å². The minimum atomic E-state index is -0.266. The molecule has 148 valence electrons. The predicted molar refractivity (Wildman–Crippen MR) is 120 cm³/mol. The SMILES string of the molecule is O=C(NCc1cccs1)c1ccc2c(=O)n3nc(Nc4ccccc4)sc3nc2c1. The van der Waals surface area contributed by atoms with Crippen LogP contribution in [0.15, 0.2) is 70.8 Å². The molecule has 0 saturated carbocycles. The van der Waals surface area contributed by atoms with Crippen molar-refractivity contribution in [2.75, 3.05) is 5.32 Å². The Morgan fingerprint density at radius 2 is 1.93 bits per heavy atom. The quantitative estimate of drug-likeness (QED) is 0.437. The first-order valence-electron chi connectivity index (χ1n) is 9.14. The Labute approximate surface area is 178 Å². The molecule has 0 fully saturated rings. The molecule has 2 aromatic carbocycles. The normalized spacial score (nSPS) is 11.1. The number of nitrogens with one attached hydrogen (secondary N) is 2. The third-order valence-electron chi connectivity index (χ3n) is 4.49. The zero-order valence-corrected chi connectivity index (χ0v) is 17.2. The Hall–Kier alpha value is -3.56. The molecule has 0 spiro atoms. The highest BCUT2D eigenvalue weighted by molar-refractivity contribution is 7.20. The first kappa shape index (κ1) is 18.5. The molecule has 3 aromatic heterocycles. The fourth-order valence-electron chi connectivity index (χ4n) is 3.03. The molecule has 5 aromatic rings. The number of hydrogen-bond donors (Lipinski definition) is 2. The summed E-state index contributed by atoms with van der Waals surface area (Å²) in [6.45, 7) is 0.465. The number of anilines is 2. The molecule has 0 atom stereocenters. The first-order chi connectivity index (χ1) is 14.7. The molecule has 0 aliphatic carbocycles. The van der Waals surface area contributed by atoms with Crippen LogP contribution in [-0.2, 0) is 6.54 Å². The van der Waals surface area contributed by atoms with Gasteiger partial charge in [0, 0.05) is 16.1 Å². The van der Waals surface area contributed by atoms with Gasteiger partial charge in [-0.1, -0.05) is 35.6 Å². The van der Waals surface area contributed by atoms with E-state index in [2.05, 4.69) is 20.7 Å². The van der Waals surface area contributed by atoms with Gasteiger partial charge in [0.25, 0.3) is 11.5 Å². The average Bonchev–Trinajstić information content (AvgIpc) is 3.42. The topological polar surface area (TPSA) is 88.4 Å². The Morgan fingerprint density at radius 1 is 1.07 bits per heavy atom. The molecule has 0 aliphatic heterocycles. The lowest BCUT2D eigenvalue weighted by Crippen LogP contribution is -2.22. The molecule has 0 unspecified atom stereocenters. The van der Waals surface area contributed by atoms with E-state index in [9.17, 15) is 9.59 Å². The van der Waals surface area contributed by atoms with Crippen molar-refractivity contribution in [2.45, 2.75) is 6.54 Å². The van der Waals surface area contributed by atoms with Crippen molar-refractivity contribution in [2.24, 2.45) is 0 Å². The second-order valence-corrected chi connectivity index (χ2v) is 8.49. The molecule has 0 bridgehead atoms. The summed E-state index contributed by atoms with van der Waals surface area (Å²) in [6, 6.07) is 18.4. The number of carbonyl (C=O) groups excluding carboxylic acids is 1. The lowest BCUT2D eigenvalue weighted by Gasteiger charge is -2.05. The Balaban J connectivity index is 1.46. The third kappa shape index (κ3) is 3.56. The van der Waals surface area contributed by atoms with Crippen molar-refractivity contribution in [1.29, 1.82) is 0 Å². The Morgan fingerprint density at radius 3 is 2.73 bits per heavy atom. The van der Waals surface area contributed by atoms with Gasteiger partial charge in [-0.3, -0.25) is 9.59 Å². The van der Waals surface area contributed by atoms with Gasteiger partial charge in [-0.05, 0) is 41.8 Å². The molecule has 9 heteroatoms. The number of para-hydroxylation sites is 1. The van der Waals surface area contributed by atoms with Crippen molar-refractivity contribution in [1.82, 2.24) is 19.9 Å². The van der Waals surface area contributed by atoms with Crippen molar-refractivity contribution < 1.29 is 4.79 Å². The van der Waals surface area contributed by atoms with Crippen LogP contribution in [0.1, 0.15) is 15.2 Å². The standard InChI is InChI=1S/C21H15N5O2S2/c27-18(22-12-15-7-4-10-29-15)13-8-9-16-17(11-13)24-21-26(19(16)28)25-20(30-21)23-14-5-2-1-3-6-14/h1-11H,12H2,(H,22,27)(H,23,25). The highest BCUT2D eigenvalue weighted by atomic mass is 32.1. The largest absolute Gasteiger partial charge is 0.347 e. The molecule has 3 heterocycles. The number of carbonyl (C=O) groups is 1. The van der Waals surface area contributed by atoms with Gasteiger partial charge in [-0.2, -0.15) is 4.52 Å². The lowest BCUT2D eigenvalue weighted by molar-refractivity contribution is 0.0951. The van der Waals surface area contributed by atoms with Crippen molar-refractivity contribution in [3.8, 4) is 0 Å². The number of aromatic nitrogens is 3. The molecule has 0 saturated heterocycles. The van der Waals surface area contributed by atoms with E-state index in [1.807, 2.05) is 47.8 Å². The molecule has 1 amide bonds. The Kier molecular flexibility index (Phi) is 4.74. The summed E-state index contributed by atoms with van der Waals surface area (Å²) in [7, 11) is 0. The summed E-state index contributed by atoms with van der Waals surface area (Å²) in [5.41, 5.74) is 1.54. The minimum Gasteiger partial charge on any atom is -0.347 e. The zero-order chi connectivity index (χ0) is 20.5. The van der Waals surface area contributed by atoms with Crippen LogP contribution in [0.4, 0.5) is 10.8 Å². The lowest BCUT2D eigenvalue weighted by atomic mass is 10.1. The van der Waals surface area contributed by atoms with Crippen molar-refractivity contribution >= 4 is 55.3 Å². The maximum absolute atomic E-state index is 12.9. The van der Waals surface area contributed by atoms with Gasteiger partial charge in [0.2, 0.25) is 10.1 Å². The first-order valence-corrected chi connectivity index (χ1v) is 10.8. The summed E-state index contributed by atoms with van der Waals surface area (Å²) in [4.78, 5) is 31.4. The van der Waals surface area contributed by atoms with Crippen molar-refractivity contribution in [3.05, 3.63) is 86.8 Å². The molecule has 7 nitrogen and oxygen atoms in total. The molecule has 5 rings (SSSR count). The van der Waals surface area contributed by atoms with E-state index in [1.54, 1.807) is 29.5 Å². The van der Waals surface area contributed by atoms with E-state index in [0.717, 1.165) is 10.6 Å². The number of hydrogen-bond acceptors (Lipinski definition) is 7. The smallest absolute Gasteiger partial charge is 0.283 e. The highest BCUT2D eigenvalue weighted by Crippen LogP contribution is 2.23. The van der Waals surface area contributed by atoms with Crippen molar-refractivity contribution in [3.63, 3.8) is 0 Å². The fourth-order valence-corrected chi connectivity index (χ4v) is 4.49. The minimum absolute atomic E-state index is 0.206. The van der Waals surface area contributed by atoms with Gasteiger partial charge in [-0.15, -0.1) is 16.4 Å². The molecule has 2 N–H and O–H groups in total. The van der Waals surface area contributed by atoms with E-state index < -0.39 is 0 Å². The van der Waals surface area contributed by atoms with Crippen LogP contribution in [0, 0.1) is 0 Å². The molecule has 30 heavy (non-hydrogen) atoms. The molecule has 0 radical (unpaired) electrons. The molecule has 0 aliphatic rings. The number of amides is 1. The number of rotatable bonds is 5. The zero-order valence-electron chi connectivity index (χ0n) is 15.5. The van der Waals surface area contributed by atoms with Crippen LogP contribution in [0.5, 0.6) is 0 Å². The van der Waals surface area contributed by atoms with Gasteiger partial charge < -0.3 is 10.6 Å². The third-order valence-corrected chi connectivity index (χ3v) is 6.19. The maximum Gasteiger partial charge on any atom is 0.283 e. The maximum atomic E-state index is 12.9. The highest BCUT2D eigenvalue weighted by Gasteiger charge is 2.14. The van der Waals surface area contributed by atoms with Crippen LogP contribution in [-0.4, -0.2) is 20.5 Å². The second kappa shape index (κ2) is 7.69. The van der Waals surface area contributed by atoms with Crippen LogP contribution >= 0.6 is 22.7 Å². The van der Waals surface area contributed by atoms with E-state index in [-0.39, 0.29) is 11.5 Å². The van der Waals surface area contributed by atoms with Gasteiger partial charge >= 0.3 is 0 Å². The molecular weight excluding hydrogens is 418 g/mol. The van der Waals surface area contributed by atoms with Crippen LogP contribution in [0.2, 0.25) is 0 Å². The van der Waals surface area contributed by atoms with E-state index in [1.165, 1.54) is 15.9 Å². The second-order valence-electron chi connectivity index (χ2n) is 6.50. The van der Waals surface area contributed by atoms with Gasteiger partial charge in [-0.25, -0.2) is 4.98 Å². The number of fused-ring (bicyclic) bond motifs is 2. The summed E-state index contributed by atoms with van der Waals surface area (Å²) in [5.74, 6) is -0.206.